The summed E-state index contributed by atoms with van der Waals surface area (Å²) in [6.45, 7) is 5.99. The number of aromatic nitrogens is 4. The first-order valence-electron chi connectivity index (χ1n) is 6.70. The van der Waals surface area contributed by atoms with E-state index in [-0.39, 0.29) is 11.5 Å². The second-order valence-electron chi connectivity index (χ2n) is 5.34. The van der Waals surface area contributed by atoms with Crippen molar-refractivity contribution in [2.24, 2.45) is 0 Å². The zero-order valence-corrected chi connectivity index (χ0v) is 12.0. The molecule has 108 valence electrons. The summed E-state index contributed by atoms with van der Waals surface area (Å²) in [5, 5.41) is 3.02. The number of fused-ring (bicyclic) bond motifs is 1. The molecule has 0 aliphatic carbocycles. The summed E-state index contributed by atoms with van der Waals surface area (Å²) in [6, 6.07) is 2.70. The van der Waals surface area contributed by atoms with Crippen molar-refractivity contribution in [2.75, 3.05) is 0 Å². The Balaban J connectivity index is 2.32. The second kappa shape index (κ2) is 4.80. The molecular formula is C15H15FN4O. The van der Waals surface area contributed by atoms with E-state index < -0.39 is 5.82 Å². The van der Waals surface area contributed by atoms with Gasteiger partial charge < -0.3 is 0 Å². The molecule has 3 heterocycles. The summed E-state index contributed by atoms with van der Waals surface area (Å²) < 4.78 is 14.7. The minimum atomic E-state index is -0.455. The maximum Gasteiger partial charge on any atom is 0.273 e. The highest BCUT2D eigenvalue weighted by molar-refractivity contribution is 5.62. The molecule has 3 aromatic heterocycles. The van der Waals surface area contributed by atoms with Gasteiger partial charge in [0.25, 0.3) is 5.56 Å². The van der Waals surface area contributed by atoms with Crippen LogP contribution in [0.15, 0.2) is 29.3 Å². The second-order valence-corrected chi connectivity index (χ2v) is 5.34. The van der Waals surface area contributed by atoms with Crippen LogP contribution in [0.2, 0.25) is 0 Å². The van der Waals surface area contributed by atoms with Gasteiger partial charge in [-0.2, -0.15) is 0 Å². The predicted octanol–water partition coefficient (Wildman–Crippen LogP) is 2.66. The molecule has 0 amide bonds. The number of pyridine rings is 1. The molecular weight excluding hydrogens is 271 g/mol. The number of rotatable bonds is 2. The zero-order valence-electron chi connectivity index (χ0n) is 12.0. The topological polar surface area (TPSA) is 63.0 Å². The van der Waals surface area contributed by atoms with E-state index in [0.717, 1.165) is 17.5 Å². The lowest BCUT2D eigenvalue weighted by atomic mass is 10.0. The van der Waals surface area contributed by atoms with Gasteiger partial charge in [-0.15, -0.1) is 0 Å². The number of hydrogen-bond donors (Lipinski definition) is 1. The summed E-state index contributed by atoms with van der Waals surface area (Å²) >= 11 is 0. The fourth-order valence-electron chi connectivity index (χ4n) is 2.56. The lowest BCUT2D eigenvalue weighted by Crippen LogP contribution is -2.14. The van der Waals surface area contributed by atoms with E-state index in [1.54, 1.807) is 0 Å². The zero-order chi connectivity index (χ0) is 15.1. The van der Waals surface area contributed by atoms with Gasteiger partial charge in [-0.05, 0) is 18.9 Å². The first kappa shape index (κ1) is 13.5. The fraction of sp³-hybridized carbons (Fsp3) is 0.267. The molecule has 0 unspecified atom stereocenters. The Morgan fingerprint density at radius 3 is 2.71 bits per heavy atom. The number of hydrogen-bond acceptors (Lipinski definition) is 3. The highest BCUT2D eigenvalue weighted by atomic mass is 19.1. The summed E-state index contributed by atoms with van der Waals surface area (Å²) in [5.41, 5.74) is 3.15. The molecule has 0 saturated carbocycles. The maximum atomic E-state index is 13.3. The first-order chi connectivity index (χ1) is 9.97. The average Bonchev–Trinajstić information content (AvgIpc) is 2.75. The van der Waals surface area contributed by atoms with Gasteiger partial charge in [0.2, 0.25) is 0 Å². The van der Waals surface area contributed by atoms with E-state index in [1.807, 2.05) is 20.8 Å². The fourth-order valence-corrected chi connectivity index (χ4v) is 2.56. The smallest absolute Gasteiger partial charge is 0.273 e. The van der Waals surface area contributed by atoms with Gasteiger partial charge in [-0.3, -0.25) is 14.9 Å². The Morgan fingerprint density at radius 1 is 1.29 bits per heavy atom. The normalized spacial score (nSPS) is 11.5. The highest BCUT2D eigenvalue weighted by Gasteiger charge is 2.16. The van der Waals surface area contributed by atoms with E-state index in [2.05, 4.69) is 15.1 Å². The Morgan fingerprint density at radius 2 is 2.05 bits per heavy atom. The molecule has 0 saturated heterocycles. The van der Waals surface area contributed by atoms with Crippen LogP contribution in [-0.2, 0) is 0 Å². The van der Waals surface area contributed by atoms with Crippen LogP contribution in [-0.4, -0.2) is 19.6 Å². The quantitative estimate of drug-likeness (QED) is 0.787. The molecule has 6 heteroatoms. The van der Waals surface area contributed by atoms with Crippen LogP contribution in [0.1, 0.15) is 31.0 Å². The first-order valence-corrected chi connectivity index (χ1v) is 6.70. The predicted molar refractivity (Wildman–Crippen MR) is 77.8 cm³/mol. The lowest BCUT2D eigenvalue weighted by molar-refractivity contribution is 0.622. The van der Waals surface area contributed by atoms with Crippen molar-refractivity contribution in [1.29, 1.82) is 0 Å². The van der Waals surface area contributed by atoms with Crippen LogP contribution in [0.25, 0.3) is 16.9 Å². The Kier molecular flexibility index (Phi) is 3.08. The van der Waals surface area contributed by atoms with Gasteiger partial charge in [0.1, 0.15) is 5.82 Å². The third-order valence-electron chi connectivity index (χ3n) is 3.42. The molecule has 0 aromatic carbocycles. The van der Waals surface area contributed by atoms with Crippen LogP contribution in [0.4, 0.5) is 4.39 Å². The molecule has 0 bridgehead atoms. The van der Waals surface area contributed by atoms with Crippen molar-refractivity contribution < 1.29 is 4.39 Å². The van der Waals surface area contributed by atoms with Crippen molar-refractivity contribution in [3.63, 3.8) is 0 Å². The van der Waals surface area contributed by atoms with E-state index in [4.69, 9.17) is 0 Å². The van der Waals surface area contributed by atoms with Crippen LogP contribution in [0.5, 0.6) is 0 Å². The maximum absolute atomic E-state index is 13.3. The van der Waals surface area contributed by atoms with Gasteiger partial charge in [-0.25, -0.2) is 13.9 Å². The van der Waals surface area contributed by atoms with Gasteiger partial charge >= 0.3 is 0 Å². The number of nitrogens with one attached hydrogen (secondary N) is 1. The lowest BCUT2D eigenvalue weighted by Gasteiger charge is -2.05. The average molecular weight is 286 g/mol. The minimum absolute atomic E-state index is 0.221. The molecule has 21 heavy (non-hydrogen) atoms. The minimum Gasteiger partial charge on any atom is -0.294 e. The molecule has 1 N–H and O–H groups in total. The van der Waals surface area contributed by atoms with Crippen molar-refractivity contribution >= 4 is 5.65 Å². The number of aromatic amines is 1. The Labute approximate surface area is 120 Å². The molecule has 5 nitrogen and oxygen atoms in total. The van der Waals surface area contributed by atoms with Gasteiger partial charge in [0.05, 0.1) is 11.9 Å². The summed E-state index contributed by atoms with van der Waals surface area (Å²) in [5.74, 6) is -0.233. The van der Waals surface area contributed by atoms with Crippen molar-refractivity contribution in [3.05, 3.63) is 52.0 Å². The highest BCUT2D eigenvalue weighted by Crippen LogP contribution is 2.24. The van der Waals surface area contributed by atoms with Crippen LogP contribution < -0.4 is 5.56 Å². The van der Waals surface area contributed by atoms with Crippen LogP contribution in [0, 0.1) is 12.7 Å². The van der Waals surface area contributed by atoms with E-state index in [9.17, 15) is 9.18 Å². The Hall–Kier alpha value is -2.50. The molecule has 0 radical (unpaired) electrons. The molecule has 0 aliphatic heterocycles. The van der Waals surface area contributed by atoms with E-state index in [1.165, 1.54) is 22.8 Å². The summed E-state index contributed by atoms with van der Waals surface area (Å²) in [4.78, 5) is 20.5. The van der Waals surface area contributed by atoms with E-state index >= 15 is 0 Å². The van der Waals surface area contributed by atoms with Crippen molar-refractivity contribution in [2.45, 2.75) is 26.7 Å². The SMILES string of the molecule is Cc1[nH]n2c(=O)cc(-c3cncc(F)c3)nc2c1C(C)C. The molecule has 0 spiro atoms. The van der Waals surface area contributed by atoms with Crippen molar-refractivity contribution in [3.8, 4) is 11.3 Å². The number of H-pyrrole nitrogens is 1. The molecule has 0 aliphatic rings. The van der Waals surface area contributed by atoms with Crippen molar-refractivity contribution in [1.82, 2.24) is 19.6 Å². The Bertz CT molecular complexity index is 879. The third-order valence-corrected chi connectivity index (χ3v) is 3.42. The molecule has 0 fully saturated rings. The molecule has 0 atom stereocenters. The molecule has 3 rings (SSSR count). The summed E-state index contributed by atoms with van der Waals surface area (Å²) in [7, 11) is 0. The largest absolute Gasteiger partial charge is 0.294 e. The monoisotopic (exact) mass is 286 g/mol. The number of nitrogens with zero attached hydrogens (tertiary/aromatic N) is 3. The van der Waals surface area contributed by atoms with Gasteiger partial charge in [0, 0.05) is 29.1 Å². The van der Waals surface area contributed by atoms with Gasteiger partial charge in [0.15, 0.2) is 5.65 Å². The van der Waals surface area contributed by atoms with Crippen LogP contribution >= 0.6 is 0 Å². The number of halogens is 1. The van der Waals surface area contributed by atoms with Gasteiger partial charge in [-0.1, -0.05) is 13.8 Å². The van der Waals surface area contributed by atoms with E-state index in [0.29, 0.717) is 16.9 Å². The number of aryl methyl sites for hydroxylation is 1. The standard InChI is InChI=1S/C15H15FN4O/c1-8(2)14-9(3)19-20-13(21)5-12(18-15(14)20)10-4-11(16)7-17-6-10/h4-8,19H,1-3H3. The summed E-state index contributed by atoms with van der Waals surface area (Å²) in [6.07, 6.45) is 2.62. The molecule has 3 aromatic rings. The third kappa shape index (κ3) is 2.22. The van der Waals surface area contributed by atoms with Crippen LogP contribution in [0.3, 0.4) is 0 Å².